The molecular weight excluding hydrogens is 453 g/mol. The third kappa shape index (κ3) is 13.4. The van der Waals surface area contributed by atoms with Gasteiger partial charge in [-0.1, -0.05) is 30.3 Å². The third-order valence-electron chi connectivity index (χ3n) is 5.56. The molecule has 34 heavy (non-hydrogen) atoms. The summed E-state index contributed by atoms with van der Waals surface area (Å²) in [6.07, 6.45) is 3.10. The predicted molar refractivity (Wildman–Crippen MR) is 138 cm³/mol. The SMILES string of the molecule is CCOP(=O)(CCCNC(=O)OCc1ccccc1)CN1CCCNCCNCCCNCC1. The molecule has 1 aromatic rings. The highest BCUT2D eigenvalue weighted by atomic mass is 31.2. The van der Waals surface area contributed by atoms with Crippen LogP contribution in [0.1, 0.15) is 31.7 Å². The standard InChI is InChI=1S/C24H44N5O4P/c1-2-33-34(31,20-8-14-28-24(30)32-21-23-9-4-3-5-10-23)22-29-18-7-13-26-16-15-25-11-6-12-27-17-19-29/h3-5,9-10,25-27H,2,6-8,11-22H2,1H3,(H,28,30). The molecule has 0 radical (unpaired) electrons. The van der Waals surface area contributed by atoms with Gasteiger partial charge in [0.15, 0.2) is 0 Å². The Bertz CT molecular complexity index is 696. The second-order valence-electron chi connectivity index (χ2n) is 8.51. The summed E-state index contributed by atoms with van der Waals surface area (Å²) < 4.78 is 24.6. The zero-order valence-corrected chi connectivity index (χ0v) is 21.6. The molecule has 1 amide bonds. The summed E-state index contributed by atoms with van der Waals surface area (Å²) in [5.74, 6) is 0. The first-order chi connectivity index (χ1) is 16.6. The monoisotopic (exact) mass is 497 g/mol. The Morgan fingerprint density at radius 3 is 2.44 bits per heavy atom. The fourth-order valence-corrected chi connectivity index (χ4v) is 6.16. The van der Waals surface area contributed by atoms with Crippen molar-refractivity contribution in [3.63, 3.8) is 0 Å². The minimum absolute atomic E-state index is 0.235. The molecule has 0 aromatic heterocycles. The molecule has 9 nitrogen and oxygen atoms in total. The first kappa shape index (κ1) is 28.8. The highest BCUT2D eigenvalue weighted by Crippen LogP contribution is 2.47. The van der Waals surface area contributed by atoms with Crippen molar-refractivity contribution in [2.75, 3.05) is 78.0 Å². The average molecular weight is 498 g/mol. The summed E-state index contributed by atoms with van der Waals surface area (Å²) in [5.41, 5.74) is 0.942. The number of ether oxygens (including phenoxy) is 1. The molecule has 1 saturated heterocycles. The minimum atomic E-state index is -2.83. The lowest BCUT2D eigenvalue weighted by molar-refractivity contribution is 0.139. The summed E-state index contributed by atoms with van der Waals surface area (Å²) in [6.45, 7) is 10.4. The van der Waals surface area contributed by atoms with Gasteiger partial charge in [-0.05, 0) is 57.9 Å². The largest absolute Gasteiger partial charge is 0.445 e. The first-order valence-corrected chi connectivity index (χ1v) is 14.6. The Morgan fingerprint density at radius 2 is 1.71 bits per heavy atom. The molecule has 0 aliphatic carbocycles. The summed E-state index contributed by atoms with van der Waals surface area (Å²) in [5, 5.41) is 13.1. The Labute approximate surface area is 205 Å². The molecular formula is C24H44N5O4P. The van der Waals surface area contributed by atoms with Crippen LogP contribution in [0.15, 0.2) is 30.3 Å². The molecule has 1 aromatic carbocycles. The summed E-state index contributed by atoms with van der Waals surface area (Å²) in [7, 11) is -2.83. The Balaban J connectivity index is 1.75. The molecule has 1 atom stereocenters. The van der Waals surface area contributed by atoms with Gasteiger partial charge in [0, 0.05) is 38.9 Å². The summed E-state index contributed by atoms with van der Waals surface area (Å²) in [6, 6.07) is 9.57. The van der Waals surface area contributed by atoms with E-state index in [0.717, 1.165) is 70.8 Å². The normalized spacial score (nSPS) is 19.0. The lowest BCUT2D eigenvalue weighted by atomic mass is 10.2. The van der Waals surface area contributed by atoms with Crippen LogP contribution in [0.5, 0.6) is 0 Å². The van der Waals surface area contributed by atoms with Gasteiger partial charge in [0.2, 0.25) is 7.37 Å². The van der Waals surface area contributed by atoms with E-state index in [1.807, 2.05) is 37.3 Å². The number of hydrogen-bond acceptors (Lipinski definition) is 8. The molecule has 194 valence electrons. The number of hydrogen-bond donors (Lipinski definition) is 4. The van der Waals surface area contributed by atoms with E-state index in [1.54, 1.807) is 0 Å². The maximum absolute atomic E-state index is 13.6. The maximum atomic E-state index is 13.6. The number of rotatable bonds is 10. The molecule has 4 N–H and O–H groups in total. The van der Waals surface area contributed by atoms with Crippen LogP contribution in [0.3, 0.4) is 0 Å². The zero-order valence-electron chi connectivity index (χ0n) is 20.7. The number of nitrogens with zero attached hydrogens (tertiary/aromatic N) is 1. The van der Waals surface area contributed by atoms with Crippen molar-refractivity contribution in [3.8, 4) is 0 Å². The number of nitrogens with one attached hydrogen (secondary N) is 4. The Morgan fingerprint density at radius 1 is 1.00 bits per heavy atom. The quantitative estimate of drug-likeness (QED) is 0.289. The molecule has 0 spiro atoms. The van der Waals surface area contributed by atoms with Gasteiger partial charge in [-0.15, -0.1) is 0 Å². The van der Waals surface area contributed by atoms with E-state index in [-0.39, 0.29) is 6.61 Å². The minimum Gasteiger partial charge on any atom is -0.445 e. The van der Waals surface area contributed by atoms with Crippen molar-refractivity contribution in [1.82, 2.24) is 26.2 Å². The summed E-state index contributed by atoms with van der Waals surface area (Å²) in [4.78, 5) is 14.2. The van der Waals surface area contributed by atoms with Crippen molar-refractivity contribution >= 4 is 13.5 Å². The fraction of sp³-hybridized carbons (Fsp3) is 0.708. The van der Waals surface area contributed by atoms with E-state index in [9.17, 15) is 9.36 Å². The Hall–Kier alpha value is -1.48. The Kier molecular flexibility index (Phi) is 15.1. The van der Waals surface area contributed by atoms with Crippen LogP contribution in [0.4, 0.5) is 4.79 Å². The number of carbonyl (C=O) groups is 1. The molecule has 2 rings (SSSR count). The summed E-state index contributed by atoms with van der Waals surface area (Å²) >= 11 is 0. The zero-order chi connectivity index (χ0) is 24.3. The van der Waals surface area contributed by atoms with Crippen LogP contribution in [0.25, 0.3) is 0 Å². The van der Waals surface area contributed by atoms with Crippen LogP contribution in [0, 0.1) is 0 Å². The van der Waals surface area contributed by atoms with Crippen LogP contribution in [-0.2, 0) is 20.4 Å². The van der Waals surface area contributed by atoms with Gasteiger partial charge in [-0.3, -0.25) is 9.46 Å². The first-order valence-electron chi connectivity index (χ1n) is 12.6. The van der Waals surface area contributed by atoms with Gasteiger partial charge < -0.3 is 30.5 Å². The topological polar surface area (TPSA) is 104 Å². The van der Waals surface area contributed by atoms with Crippen LogP contribution in [-0.4, -0.2) is 89.0 Å². The number of alkyl carbamates (subject to hydrolysis) is 1. The van der Waals surface area contributed by atoms with E-state index >= 15 is 0 Å². The smallest absolute Gasteiger partial charge is 0.407 e. The number of benzene rings is 1. The third-order valence-corrected chi connectivity index (χ3v) is 8.11. The van der Waals surface area contributed by atoms with Crippen LogP contribution >= 0.6 is 7.37 Å². The van der Waals surface area contributed by atoms with Gasteiger partial charge in [-0.2, -0.15) is 0 Å². The fourth-order valence-electron chi connectivity index (χ4n) is 3.81. The van der Waals surface area contributed by atoms with Gasteiger partial charge in [-0.25, -0.2) is 4.79 Å². The van der Waals surface area contributed by atoms with E-state index in [2.05, 4.69) is 26.2 Å². The van der Waals surface area contributed by atoms with E-state index < -0.39 is 13.5 Å². The predicted octanol–water partition coefficient (Wildman–Crippen LogP) is 2.44. The molecule has 1 aliphatic rings. The van der Waals surface area contributed by atoms with E-state index in [4.69, 9.17) is 9.26 Å². The maximum Gasteiger partial charge on any atom is 0.407 e. The van der Waals surface area contributed by atoms with Gasteiger partial charge in [0.25, 0.3) is 0 Å². The van der Waals surface area contributed by atoms with Gasteiger partial charge in [0.05, 0.1) is 12.9 Å². The molecule has 0 saturated carbocycles. The van der Waals surface area contributed by atoms with Gasteiger partial charge >= 0.3 is 6.09 Å². The van der Waals surface area contributed by atoms with Crippen LogP contribution in [0.2, 0.25) is 0 Å². The lowest BCUT2D eigenvalue weighted by Gasteiger charge is -2.28. The van der Waals surface area contributed by atoms with E-state index in [1.165, 1.54) is 0 Å². The molecule has 1 aliphatic heterocycles. The van der Waals surface area contributed by atoms with Crippen molar-refractivity contribution in [1.29, 1.82) is 0 Å². The molecule has 10 heteroatoms. The number of carbonyl (C=O) groups excluding carboxylic acids is 1. The average Bonchev–Trinajstić information content (AvgIpc) is 2.84. The second kappa shape index (κ2) is 17.9. The number of amides is 1. The molecule has 1 heterocycles. The van der Waals surface area contributed by atoms with E-state index in [0.29, 0.717) is 32.0 Å². The molecule has 0 bridgehead atoms. The van der Waals surface area contributed by atoms with Crippen molar-refractivity contribution in [2.24, 2.45) is 0 Å². The highest BCUT2D eigenvalue weighted by Gasteiger charge is 2.25. The molecule has 1 unspecified atom stereocenters. The molecule has 1 fully saturated rings. The highest BCUT2D eigenvalue weighted by molar-refractivity contribution is 7.58. The van der Waals surface area contributed by atoms with Gasteiger partial charge in [0.1, 0.15) is 6.61 Å². The van der Waals surface area contributed by atoms with Crippen molar-refractivity contribution in [2.45, 2.75) is 32.8 Å². The van der Waals surface area contributed by atoms with Crippen LogP contribution < -0.4 is 21.3 Å². The van der Waals surface area contributed by atoms with Crippen molar-refractivity contribution in [3.05, 3.63) is 35.9 Å². The van der Waals surface area contributed by atoms with Crippen molar-refractivity contribution < 1.29 is 18.6 Å². The second-order valence-corrected chi connectivity index (χ2v) is 11.1. The lowest BCUT2D eigenvalue weighted by Crippen LogP contribution is -2.37.